The van der Waals surface area contributed by atoms with Crippen LogP contribution in [-0.4, -0.2) is 23.7 Å². The molecule has 0 rings (SSSR count). The molecule has 4 heteroatoms. The average molecular weight is 204 g/mol. The zero-order valence-electron chi connectivity index (χ0n) is 8.42. The van der Waals surface area contributed by atoms with Crippen LogP contribution in [0.3, 0.4) is 0 Å². The molecule has 3 nitrogen and oxygen atoms in total. The smallest absolute Gasteiger partial charge is 0.235 e. The number of carbonyl (C=O) groups is 1. The van der Waals surface area contributed by atoms with Crippen LogP contribution >= 0.6 is 12.6 Å². The van der Waals surface area contributed by atoms with Gasteiger partial charge in [0, 0.05) is 5.25 Å². The highest BCUT2D eigenvalue weighted by Crippen LogP contribution is 2.01. The van der Waals surface area contributed by atoms with Gasteiger partial charge in [-0.05, 0) is 13.0 Å². The summed E-state index contributed by atoms with van der Waals surface area (Å²) in [5.74, 6) is -0.320. The van der Waals surface area contributed by atoms with E-state index in [0.29, 0.717) is 0 Å². The summed E-state index contributed by atoms with van der Waals surface area (Å²) in [7, 11) is 0. The summed E-state index contributed by atoms with van der Waals surface area (Å²) in [6.45, 7) is 4.85. The molecule has 13 heavy (non-hydrogen) atoms. The Kier molecular flexibility index (Phi) is 7.09. The molecule has 0 aliphatic heterocycles. The van der Waals surface area contributed by atoms with Crippen LogP contribution in [0, 0.1) is 0 Å². The minimum Gasteiger partial charge on any atom is -0.368 e. The second kappa shape index (κ2) is 7.21. The minimum atomic E-state index is -0.320. The maximum absolute atomic E-state index is 10.9. The molecule has 78 valence electrons. The first kappa shape index (κ1) is 12.8. The zero-order chi connectivity index (χ0) is 10.3. The third-order valence-corrected chi connectivity index (χ3v) is 2.23. The molecule has 0 aliphatic rings. The number of nitrogens with one attached hydrogen (secondary N) is 1. The second-order valence-corrected chi connectivity index (χ2v) is 4.10. The highest BCUT2D eigenvalue weighted by Gasteiger charge is 2.18. The summed E-state index contributed by atoms with van der Waals surface area (Å²) in [5, 5.41) is 3.07. The van der Waals surface area contributed by atoms with Crippen LogP contribution in [0.15, 0.2) is 0 Å². The van der Waals surface area contributed by atoms with E-state index >= 15 is 0 Å². The molecule has 2 unspecified atom stereocenters. The number of nitrogens with two attached hydrogens (primary N) is 1. The van der Waals surface area contributed by atoms with Crippen LogP contribution < -0.4 is 11.1 Å². The van der Waals surface area contributed by atoms with E-state index in [9.17, 15) is 4.79 Å². The Morgan fingerprint density at radius 2 is 2.15 bits per heavy atom. The summed E-state index contributed by atoms with van der Waals surface area (Å²) >= 11 is 4.19. The quantitative estimate of drug-likeness (QED) is 0.427. The predicted molar refractivity (Wildman–Crippen MR) is 59.0 cm³/mol. The normalized spacial score (nSPS) is 15.3. The topological polar surface area (TPSA) is 55.1 Å². The number of thiol groups is 1. The van der Waals surface area contributed by atoms with Crippen molar-refractivity contribution in [2.24, 2.45) is 5.73 Å². The first-order valence-electron chi connectivity index (χ1n) is 4.80. The molecule has 0 aliphatic carbocycles. The summed E-state index contributed by atoms with van der Waals surface area (Å²) in [6, 6.07) is -0.305. The number of unbranched alkanes of at least 4 members (excludes halogenated alkanes) is 2. The lowest BCUT2D eigenvalue weighted by Crippen LogP contribution is -2.46. The molecular weight excluding hydrogens is 184 g/mol. The number of hydrogen-bond acceptors (Lipinski definition) is 3. The van der Waals surface area contributed by atoms with Gasteiger partial charge < -0.3 is 11.1 Å². The summed E-state index contributed by atoms with van der Waals surface area (Å²) in [5.41, 5.74) is 5.20. The molecule has 2 atom stereocenters. The van der Waals surface area contributed by atoms with Crippen LogP contribution in [0.25, 0.3) is 0 Å². The van der Waals surface area contributed by atoms with Gasteiger partial charge in [0.05, 0.1) is 6.04 Å². The van der Waals surface area contributed by atoms with Gasteiger partial charge in [0.15, 0.2) is 0 Å². The van der Waals surface area contributed by atoms with Gasteiger partial charge in [-0.2, -0.15) is 12.6 Å². The molecule has 0 saturated heterocycles. The van der Waals surface area contributed by atoms with Crippen molar-refractivity contribution in [1.82, 2.24) is 5.32 Å². The van der Waals surface area contributed by atoms with E-state index in [1.165, 1.54) is 12.8 Å². The van der Waals surface area contributed by atoms with Crippen LogP contribution in [-0.2, 0) is 4.79 Å². The van der Waals surface area contributed by atoms with E-state index in [-0.39, 0.29) is 17.2 Å². The first-order valence-corrected chi connectivity index (χ1v) is 5.32. The molecule has 1 amide bonds. The number of primary amides is 1. The predicted octanol–water partition coefficient (Wildman–Crippen LogP) is 0.938. The fourth-order valence-corrected chi connectivity index (χ4v) is 1.39. The van der Waals surface area contributed by atoms with Crippen molar-refractivity contribution < 1.29 is 4.79 Å². The summed E-state index contributed by atoms with van der Waals surface area (Å²) in [6.07, 6.45) is 3.44. The average Bonchev–Trinajstić information content (AvgIpc) is 2.02. The summed E-state index contributed by atoms with van der Waals surface area (Å²) in [4.78, 5) is 10.9. The van der Waals surface area contributed by atoms with Crippen molar-refractivity contribution >= 4 is 18.5 Å². The minimum absolute atomic E-state index is 0.0286. The number of carbonyl (C=O) groups excluding carboxylic acids is 1. The molecule has 0 aromatic heterocycles. The van der Waals surface area contributed by atoms with Crippen LogP contribution in [0.4, 0.5) is 0 Å². The fraction of sp³-hybridized carbons (Fsp3) is 0.889. The van der Waals surface area contributed by atoms with Crippen molar-refractivity contribution in [1.29, 1.82) is 0 Å². The number of amides is 1. The largest absolute Gasteiger partial charge is 0.368 e. The third kappa shape index (κ3) is 5.93. The molecule has 0 bridgehead atoms. The first-order chi connectivity index (χ1) is 6.09. The standard InChI is InChI=1S/C9H20N2OS/c1-3-4-5-6-11-8(7(2)13)9(10)12/h7-8,11,13H,3-6H2,1-2H3,(H2,10,12). The highest BCUT2D eigenvalue weighted by molar-refractivity contribution is 7.81. The van der Waals surface area contributed by atoms with E-state index in [1.54, 1.807) is 0 Å². The lowest BCUT2D eigenvalue weighted by atomic mass is 10.2. The van der Waals surface area contributed by atoms with E-state index in [4.69, 9.17) is 5.73 Å². The zero-order valence-corrected chi connectivity index (χ0v) is 9.31. The molecule has 0 heterocycles. The Balaban J connectivity index is 3.64. The number of hydrogen-bond donors (Lipinski definition) is 3. The molecule has 0 aromatic carbocycles. The third-order valence-electron chi connectivity index (χ3n) is 1.93. The van der Waals surface area contributed by atoms with E-state index in [2.05, 4.69) is 24.9 Å². The van der Waals surface area contributed by atoms with Crippen LogP contribution in [0.2, 0.25) is 0 Å². The lowest BCUT2D eigenvalue weighted by molar-refractivity contribution is -0.119. The van der Waals surface area contributed by atoms with Crippen molar-refractivity contribution in [3.63, 3.8) is 0 Å². The number of rotatable bonds is 7. The molecular formula is C9H20N2OS. The van der Waals surface area contributed by atoms with Crippen molar-refractivity contribution in [2.45, 2.75) is 44.4 Å². The van der Waals surface area contributed by atoms with E-state index in [1.807, 2.05) is 6.92 Å². The van der Waals surface area contributed by atoms with Gasteiger partial charge in [0.2, 0.25) is 5.91 Å². The van der Waals surface area contributed by atoms with Gasteiger partial charge >= 0.3 is 0 Å². The van der Waals surface area contributed by atoms with E-state index in [0.717, 1.165) is 13.0 Å². The van der Waals surface area contributed by atoms with Crippen molar-refractivity contribution in [2.75, 3.05) is 6.54 Å². The molecule has 0 saturated carbocycles. The van der Waals surface area contributed by atoms with Gasteiger partial charge in [-0.1, -0.05) is 26.7 Å². The molecule has 0 fully saturated rings. The van der Waals surface area contributed by atoms with Crippen LogP contribution in [0.1, 0.15) is 33.1 Å². The maximum atomic E-state index is 10.9. The Morgan fingerprint density at radius 1 is 1.54 bits per heavy atom. The molecule has 0 radical (unpaired) electrons. The molecule has 3 N–H and O–H groups in total. The Hall–Kier alpha value is -0.220. The van der Waals surface area contributed by atoms with Gasteiger partial charge in [0.25, 0.3) is 0 Å². The Bertz CT molecular complexity index is 151. The second-order valence-electron chi connectivity index (χ2n) is 3.28. The van der Waals surface area contributed by atoms with Crippen LogP contribution in [0.5, 0.6) is 0 Å². The van der Waals surface area contributed by atoms with Gasteiger partial charge in [-0.3, -0.25) is 4.79 Å². The highest BCUT2D eigenvalue weighted by atomic mass is 32.1. The maximum Gasteiger partial charge on any atom is 0.235 e. The van der Waals surface area contributed by atoms with Gasteiger partial charge in [-0.15, -0.1) is 0 Å². The van der Waals surface area contributed by atoms with Gasteiger partial charge in [0.1, 0.15) is 0 Å². The fourth-order valence-electron chi connectivity index (χ4n) is 1.14. The van der Waals surface area contributed by atoms with Crippen molar-refractivity contribution in [3.8, 4) is 0 Å². The summed E-state index contributed by atoms with van der Waals surface area (Å²) < 4.78 is 0. The SMILES string of the molecule is CCCCCNC(C(N)=O)C(C)S. The lowest BCUT2D eigenvalue weighted by Gasteiger charge is -2.17. The Morgan fingerprint density at radius 3 is 2.54 bits per heavy atom. The van der Waals surface area contributed by atoms with E-state index < -0.39 is 0 Å². The molecule has 0 aromatic rings. The monoisotopic (exact) mass is 204 g/mol. The van der Waals surface area contributed by atoms with Gasteiger partial charge in [-0.25, -0.2) is 0 Å². The van der Waals surface area contributed by atoms with Crippen molar-refractivity contribution in [3.05, 3.63) is 0 Å². The Labute approximate surface area is 85.9 Å². The molecule has 0 spiro atoms.